The van der Waals surface area contributed by atoms with E-state index in [0.717, 1.165) is 10.9 Å². The molecule has 0 spiro atoms. The van der Waals surface area contributed by atoms with Gasteiger partial charge in [-0.1, -0.05) is 25.1 Å². The molecule has 0 bridgehead atoms. The number of rotatable bonds is 4. The second-order valence-corrected chi connectivity index (χ2v) is 4.66. The molecule has 0 aliphatic carbocycles. The van der Waals surface area contributed by atoms with Crippen molar-refractivity contribution in [3.63, 3.8) is 0 Å². The summed E-state index contributed by atoms with van der Waals surface area (Å²) in [5, 5.41) is 12.5. The first-order valence-electron chi connectivity index (χ1n) is 6.05. The average Bonchev–Trinajstić information content (AvgIpc) is 2.67. The third-order valence-electron chi connectivity index (χ3n) is 3.08. The molecule has 2 aromatic rings. The number of carbonyl (C=O) groups is 2. The Morgan fingerprint density at radius 3 is 2.74 bits per heavy atom. The number of carbonyl (C=O) groups excluding carboxylic acids is 1. The summed E-state index contributed by atoms with van der Waals surface area (Å²) in [4.78, 5) is 22.5. The van der Waals surface area contributed by atoms with Gasteiger partial charge in [0, 0.05) is 30.6 Å². The summed E-state index contributed by atoms with van der Waals surface area (Å²) < 4.78 is 1.92. The van der Waals surface area contributed by atoms with Gasteiger partial charge in [0.2, 0.25) is 5.91 Å². The Balaban J connectivity index is 2.18. The molecule has 0 saturated heterocycles. The van der Waals surface area contributed by atoms with Gasteiger partial charge < -0.3 is 15.0 Å². The van der Waals surface area contributed by atoms with Crippen molar-refractivity contribution in [2.45, 2.75) is 13.3 Å². The molecular formula is C14H16N2O3. The maximum Gasteiger partial charge on any atom is 0.306 e. The van der Waals surface area contributed by atoms with E-state index in [1.54, 1.807) is 0 Å². The number of carboxylic acids is 1. The lowest BCUT2D eigenvalue weighted by Gasteiger charge is -2.06. The fraction of sp³-hybridized carbons (Fsp3) is 0.286. The number of para-hydroxylation sites is 1. The van der Waals surface area contributed by atoms with E-state index in [1.165, 1.54) is 6.92 Å². The zero-order valence-corrected chi connectivity index (χ0v) is 10.9. The molecule has 0 saturated carbocycles. The van der Waals surface area contributed by atoms with Crippen LogP contribution in [-0.2, 0) is 16.6 Å². The van der Waals surface area contributed by atoms with Gasteiger partial charge in [-0.25, -0.2) is 0 Å². The monoisotopic (exact) mass is 260 g/mol. The number of aliphatic carboxylic acids is 1. The Kier molecular flexibility index (Phi) is 3.55. The minimum absolute atomic E-state index is 0.0292. The molecule has 100 valence electrons. The van der Waals surface area contributed by atoms with Crippen molar-refractivity contribution >= 4 is 28.5 Å². The summed E-state index contributed by atoms with van der Waals surface area (Å²) in [6.45, 7) is 1.52. The van der Waals surface area contributed by atoms with Gasteiger partial charge in [-0.2, -0.15) is 0 Å². The van der Waals surface area contributed by atoms with E-state index in [-0.39, 0.29) is 12.3 Å². The molecule has 1 heterocycles. The summed E-state index contributed by atoms with van der Waals surface area (Å²) >= 11 is 0. The standard InChI is InChI=1S/C14H16N2O3/c1-9(14(18)19)7-13(17)15-11-8-16(2)12-6-4-3-5-10(11)12/h3-6,8-9H,7H2,1-2H3,(H,15,17)(H,18,19). The van der Waals surface area contributed by atoms with Crippen molar-refractivity contribution in [2.24, 2.45) is 13.0 Å². The molecule has 0 aliphatic rings. The molecule has 2 N–H and O–H groups in total. The summed E-state index contributed by atoms with van der Waals surface area (Å²) in [7, 11) is 1.90. The lowest BCUT2D eigenvalue weighted by molar-refractivity contribution is -0.142. The zero-order valence-electron chi connectivity index (χ0n) is 10.9. The normalized spacial score (nSPS) is 12.3. The topological polar surface area (TPSA) is 71.3 Å². The van der Waals surface area contributed by atoms with Crippen LogP contribution in [0.1, 0.15) is 13.3 Å². The highest BCUT2D eigenvalue weighted by molar-refractivity contribution is 6.02. The molecule has 2 rings (SSSR count). The zero-order chi connectivity index (χ0) is 14.0. The number of nitrogens with one attached hydrogen (secondary N) is 1. The largest absolute Gasteiger partial charge is 0.481 e. The molecule has 1 aromatic carbocycles. The summed E-state index contributed by atoms with van der Waals surface area (Å²) in [6, 6.07) is 7.72. The van der Waals surface area contributed by atoms with Crippen molar-refractivity contribution in [1.82, 2.24) is 4.57 Å². The number of anilines is 1. The van der Waals surface area contributed by atoms with Gasteiger partial charge in [0.1, 0.15) is 0 Å². The van der Waals surface area contributed by atoms with Crippen LogP contribution in [0.5, 0.6) is 0 Å². The van der Waals surface area contributed by atoms with Crippen molar-refractivity contribution in [2.75, 3.05) is 5.32 Å². The van der Waals surface area contributed by atoms with Crippen molar-refractivity contribution in [3.05, 3.63) is 30.5 Å². The third-order valence-corrected chi connectivity index (χ3v) is 3.08. The lowest BCUT2D eigenvalue weighted by Crippen LogP contribution is -2.19. The number of nitrogens with zero attached hydrogens (tertiary/aromatic N) is 1. The van der Waals surface area contributed by atoms with Gasteiger partial charge in [0.05, 0.1) is 11.6 Å². The minimum Gasteiger partial charge on any atom is -0.481 e. The maximum absolute atomic E-state index is 11.8. The predicted octanol–water partition coefficient (Wildman–Crippen LogP) is 2.23. The molecule has 0 radical (unpaired) electrons. The van der Waals surface area contributed by atoms with E-state index >= 15 is 0 Å². The molecular weight excluding hydrogens is 244 g/mol. The van der Waals surface area contributed by atoms with Gasteiger partial charge in [0.15, 0.2) is 0 Å². The highest BCUT2D eigenvalue weighted by Gasteiger charge is 2.17. The van der Waals surface area contributed by atoms with Crippen LogP contribution in [0.3, 0.4) is 0 Å². The van der Waals surface area contributed by atoms with Crippen LogP contribution in [0.25, 0.3) is 10.9 Å². The molecule has 1 amide bonds. The molecule has 1 aromatic heterocycles. The first-order valence-corrected chi connectivity index (χ1v) is 6.05. The maximum atomic E-state index is 11.8. The number of carboxylic acid groups (broad SMARTS) is 1. The number of fused-ring (bicyclic) bond motifs is 1. The van der Waals surface area contributed by atoms with E-state index in [0.29, 0.717) is 5.69 Å². The van der Waals surface area contributed by atoms with Crippen molar-refractivity contribution < 1.29 is 14.7 Å². The molecule has 0 fully saturated rings. The van der Waals surface area contributed by atoms with Crippen LogP contribution in [0.4, 0.5) is 5.69 Å². The van der Waals surface area contributed by atoms with Crippen LogP contribution < -0.4 is 5.32 Å². The Bertz CT molecular complexity index is 631. The number of benzene rings is 1. The van der Waals surface area contributed by atoms with Crippen LogP contribution >= 0.6 is 0 Å². The number of aromatic nitrogens is 1. The summed E-state index contributed by atoms with van der Waals surface area (Å²) in [5.74, 6) is -1.94. The molecule has 5 nitrogen and oxygen atoms in total. The first-order chi connectivity index (χ1) is 8.99. The lowest BCUT2D eigenvalue weighted by atomic mass is 10.1. The van der Waals surface area contributed by atoms with Gasteiger partial charge in [-0.3, -0.25) is 9.59 Å². The van der Waals surface area contributed by atoms with Crippen molar-refractivity contribution in [1.29, 1.82) is 0 Å². The summed E-state index contributed by atoms with van der Waals surface area (Å²) in [6.07, 6.45) is 1.80. The fourth-order valence-corrected chi connectivity index (χ4v) is 2.01. The Labute approximate surface area is 110 Å². The molecule has 0 aliphatic heterocycles. The fourth-order valence-electron chi connectivity index (χ4n) is 2.01. The highest BCUT2D eigenvalue weighted by atomic mass is 16.4. The number of aryl methyl sites for hydroxylation is 1. The number of amides is 1. The highest BCUT2D eigenvalue weighted by Crippen LogP contribution is 2.25. The van der Waals surface area contributed by atoms with E-state index in [9.17, 15) is 9.59 Å². The molecule has 1 atom stereocenters. The van der Waals surface area contributed by atoms with E-state index < -0.39 is 11.9 Å². The van der Waals surface area contributed by atoms with Gasteiger partial charge in [0.25, 0.3) is 0 Å². The van der Waals surface area contributed by atoms with Crippen LogP contribution in [0, 0.1) is 5.92 Å². The second-order valence-electron chi connectivity index (χ2n) is 4.66. The molecule has 1 unspecified atom stereocenters. The molecule has 19 heavy (non-hydrogen) atoms. The third kappa shape index (κ3) is 2.76. The SMILES string of the molecule is CC(CC(=O)Nc1cn(C)c2ccccc12)C(=O)O. The van der Waals surface area contributed by atoms with Crippen LogP contribution in [-0.4, -0.2) is 21.6 Å². The Morgan fingerprint density at radius 2 is 2.05 bits per heavy atom. The first kappa shape index (κ1) is 13.1. The number of hydrogen-bond acceptors (Lipinski definition) is 2. The van der Waals surface area contributed by atoms with Crippen LogP contribution in [0.2, 0.25) is 0 Å². The average molecular weight is 260 g/mol. The van der Waals surface area contributed by atoms with E-state index in [4.69, 9.17) is 5.11 Å². The Morgan fingerprint density at radius 1 is 1.37 bits per heavy atom. The Hall–Kier alpha value is -2.30. The number of hydrogen-bond donors (Lipinski definition) is 2. The predicted molar refractivity (Wildman–Crippen MR) is 73.0 cm³/mol. The smallest absolute Gasteiger partial charge is 0.306 e. The second kappa shape index (κ2) is 5.14. The van der Waals surface area contributed by atoms with Gasteiger partial charge in [-0.05, 0) is 6.07 Å². The molecule has 5 heteroatoms. The van der Waals surface area contributed by atoms with Gasteiger partial charge in [-0.15, -0.1) is 0 Å². The van der Waals surface area contributed by atoms with Crippen LogP contribution in [0.15, 0.2) is 30.5 Å². The van der Waals surface area contributed by atoms with Gasteiger partial charge >= 0.3 is 5.97 Å². The summed E-state index contributed by atoms with van der Waals surface area (Å²) in [5.41, 5.74) is 1.73. The quantitative estimate of drug-likeness (QED) is 0.885. The van der Waals surface area contributed by atoms with E-state index in [1.807, 2.05) is 42.1 Å². The van der Waals surface area contributed by atoms with E-state index in [2.05, 4.69) is 5.32 Å². The van der Waals surface area contributed by atoms with Crippen molar-refractivity contribution in [3.8, 4) is 0 Å². The minimum atomic E-state index is -0.965.